The van der Waals surface area contributed by atoms with Gasteiger partial charge in [0.25, 0.3) is 0 Å². The summed E-state index contributed by atoms with van der Waals surface area (Å²) in [5, 5.41) is 5.59. The maximum Gasteiger partial charge on any atom is 0.193 e. The van der Waals surface area contributed by atoms with E-state index in [1.54, 1.807) is 11.3 Å². The van der Waals surface area contributed by atoms with E-state index >= 15 is 0 Å². The van der Waals surface area contributed by atoms with Crippen LogP contribution in [0.2, 0.25) is 0 Å². The largest absolute Gasteiger partial charge is 0.348 e. The number of hydrogen-bond donors (Lipinski definition) is 1. The van der Waals surface area contributed by atoms with Crippen molar-refractivity contribution in [2.24, 2.45) is 0 Å². The highest BCUT2D eigenvalue weighted by atomic mass is 32.1. The highest BCUT2D eigenvalue weighted by molar-refractivity contribution is 7.15. The van der Waals surface area contributed by atoms with Crippen LogP contribution in [0.5, 0.6) is 0 Å². The summed E-state index contributed by atoms with van der Waals surface area (Å²) in [7, 11) is 0. The highest BCUT2D eigenvalue weighted by Gasteiger charge is 2.19. The maximum atomic E-state index is 4.61. The molecule has 3 aromatic heterocycles. The second kappa shape index (κ2) is 4.51. The van der Waals surface area contributed by atoms with Gasteiger partial charge in [0.1, 0.15) is 0 Å². The van der Waals surface area contributed by atoms with Crippen molar-refractivity contribution in [2.75, 3.05) is 0 Å². The molecule has 0 saturated heterocycles. The Balaban J connectivity index is 1.45. The third-order valence-corrected chi connectivity index (χ3v) is 4.24. The molecular weight excluding hydrogens is 256 g/mol. The Morgan fingerprint density at radius 3 is 3.11 bits per heavy atom. The predicted octanol–water partition coefficient (Wildman–Crippen LogP) is 2.50. The SMILES string of the molecule is c1cn2cc(Cn3ccc(CNC4CC4)c3)nc2s1. The quantitative estimate of drug-likeness (QED) is 0.774. The molecule has 0 radical (unpaired) electrons. The molecule has 0 atom stereocenters. The summed E-state index contributed by atoms with van der Waals surface area (Å²) in [5.74, 6) is 0. The lowest BCUT2D eigenvalue weighted by molar-refractivity contribution is 0.684. The summed E-state index contributed by atoms with van der Waals surface area (Å²) >= 11 is 1.67. The molecule has 5 heteroatoms. The standard InChI is InChI=1S/C14H16N4S/c1-2-12(1)15-7-11-3-4-17(8-11)9-13-10-18-5-6-19-14(18)16-13/h3-6,8,10,12,15H,1-2,7,9H2. The molecule has 1 fully saturated rings. The number of fused-ring (bicyclic) bond motifs is 1. The van der Waals surface area contributed by atoms with Crippen LogP contribution >= 0.6 is 11.3 Å². The fourth-order valence-corrected chi connectivity index (χ4v) is 3.00. The second-order valence-corrected chi connectivity index (χ2v) is 6.05. The van der Waals surface area contributed by atoms with Crippen LogP contribution in [0.4, 0.5) is 0 Å². The third kappa shape index (κ3) is 2.43. The van der Waals surface area contributed by atoms with E-state index in [9.17, 15) is 0 Å². The van der Waals surface area contributed by atoms with Crippen LogP contribution in [0, 0.1) is 0 Å². The number of rotatable bonds is 5. The van der Waals surface area contributed by atoms with Crippen molar-refractivity contribution in [3.8, 4) is 0 Å². The van der Waals surface area contributed by atoms with Crippen molar-refractivity contribution in [3.63, 3.8) is 0 Å². The molecule has 3 heterocycles. The number of imidazole rings is 1. The number of thiazole rings is 1. The van der Waals surface area contributed by atoms with E-state index in [0.29, 0.717) is 0 Å². The van der Waals surface area contributed by atoms with Crippen LogP contribution in [0.1, 0.15) is 24.1 Å². The van der Waals surface area contributed by atoms with E-state index in [4.69, 9.17) is 0 Å². The van der Waals surface area contributed by atoms with E-state index in [2.05, 4.69) is 55.5 Å². The van der Waals surface area contributed by atoms with Crippen LogP contribution in [-0.4, -0.2) is 20.0 Å². The van der Waals surface area contributed by atoms with E-state index < -0.39 is 0 Å². The first-order valence-electron chi connectivity index (χ1n) is 6.66. The molecule has 98 valence electrons. The van der Waals surface area contributed by atoms with E-state index in [1.165, 1.54) is 18.4 Å². The summed E-state index contributed by atoms with van der Waals surface area (Å²) in [5.41, 5.74) is 2.47. The van der Waals surface area contributed by atoms with Crippen molar-refractivity contribution < 1.29 is 0 Å². The van der Waals surface area contributed by atoms with Crippen molar-refractivity contribution in [2.45, 2.75) is 32.0 Å². The molecule has 0 aliphatic heterocycles. The van der Waals surface area contributed by atoms with Gasteiger partial charge in [-0.05, 0) is 24.5 Å². The van der Waals surface area contributed by atoms with Gasteiger partial charge in [-0.1, -0.05) is 0 Å². The molecule has 0 bridgehead atoms. The molecule has 1 N–H and O–H groups in total. The first kappa shape index (κ1) is 11.3. The minimum absolute atomic E-state index is 0.767. The van der Waals surface area contributed by atoms with E-state index in [-0.39, 0.29) is 0 Å². The monoisotopic (exact) mass is 272 g/mol. The van der Waals surface area contributed by atoms with Gasteiger partial charge in [0.2, 0.25) is 0 Å². The number of nitrogens with one attached hydrogen (secondary N) is 1. The molecular formula is C14H16N4S. The molecule has 0 aromatic carbocycles. The molecule has 0 unspecified atom stereocenters. The summed E-state index contributed by atoms with van der Waals surface area (Å²) in [6, 6.07) is 2.96. The van der Waals surface area contributed by atoms with Crippen molar-refractivity contribution >= 4 is 16.3 Å². The molecule has 1 aliphatic rings. The zero-order valence-electron chi connectivity index (χ0n) is 10.6. The van der Waals surface area contributed by atoms with Gasteiger partial charge in [0, 0.05) is 42.8 Å². The predicted molar refractivity (Wildman–Crippen MR) is 76.5 cm³/mol. The van der Waals surface area contributed by atoms with E-state index in [1.807, 2.05) is 0 Å². The summed E-state index contributed by atoms with van der Waals surface area (Å²) in [4.78, 5) is 5.67. The van der Waals surface area contributed by atoms with Gasteiger partial charge >= 0.3 is 0 Å². The molecule has 1 aliphatic carbocycles. The van der Waals surface area contributed by atoms with Crippen molar-refractivity contribution in [3.05, 3.63) is 47.5 Å². The first-order valence-corrected chi connectivity index (χ1v) is 7.54. The van der Waals surface area contributed by atoms with Crippen LogP contribution in [0.3, 0.4) is 0 Å². The summed E-state index contributed by atoms with van der Waals surface area (Å²) in [6.45, 7) is 1.83. The summed E-state index contributed by atoms with van der Waals surface area (Å²) in [6.07, 6.45) is 11.2. The highest BCUT2D eigenvalue weighted by Crippen LogP contribution is 2.19. The second-order valence-electron chi connectivity index (χ2n) is 5.17. The third-order valence-electron chi connectivity index (χ3n) is 3.47. The number of nitrogens with zero attached hydrogens (tertiary/aromatic N) is 3. The van der Waals surface area contributed by atoms with Crippen LogP contribution in [0.15, 0.2) is 36.2 Å². The van der Waals surface area contributed by atoms with Gasteiger partial charge in [-0.3, -0.25) is 4.40 Å². The molecule has 1 saturated carbocycles. The van der Waals surface area contributed by atoms with Crippen molar-refractivity contribution in [1.29, 1.82) is 0 Å². The Labute approximate surface area is 115 Å². The Kier molecular flexibility index (Phi) is 2.67. The normalized spacial score (nSPS) is 15.4. The van der Waals surface area contributed by atoms with Gasteiger partial charge in [-0.2, -0.15) is 0 Å². The van der Waals surface area contributed by atoms with Crippen LogP contribution < -0.4 is 5.32 Å². The lowest BCUT2D eigenvalue weighted by Crippen LogP contribution is -2.14. The number of aromatic nitrogens is 3. The van der Waals surface area contributed by atoms with Gasteiger partial charge in [0.05, 0.1) is 12.2 Å². The molecule has 0 amide bonds. The smallest absolute Gasteiger partial charge is 0.193 e. The fourth-order valence-electron chi connectivity index (χ4n) is 2.28. The minimum Gasteiger partial charge on any atom is -0.348 e. The fraction of sp³-hybridized carbons (Fsp3) is 0.357. The lowest BCUT2D eigenvalue weighted by Gasteiger charge is -2.00. The zero-order valence-corrected chi connectivity index (χ0v) is 11.4. The Morgan fingerprint density at radius 2 is 2.26 bits per heavy atom. The average Bonchev–Trinajstić information content (AvgIpc) is 2.79. The minimum atomic E-state index is 0.767. The molecule has 0 spiro atoms. The van der Waals surface area contributed by atoms with Gasteiger partial charge in [-0.25, -0.2) is 4.98 Å². The van der Waals surface area contributed by atoms with Gasteiger partial charge < -0.3 is 9.88 Å². The Bertz CT molecular complexity index is 661. The maximum absolute atomic E-state index is 4.61. The lowest BCUT2D eigenvalue weighted by atomic mass is 10.3. The van der Waals surface area contributed by atoms with Gasteiger partial charge in [0.15, 0.2) is 4.96 Å². The van der Waals surface area contributed by atoms with Gasteiger partial charge in [-0.15, -0.1) is 11.3 Å². The Morgan fingerprint density at radius 1 is 1.32 bits per heavy atom. The molecule has 3 aromatic rings. The average molecular weight is 272 g/mol. The molecule has 4 nitrogen and oxygen atoms in total. The first-order chi connectivity index (χ1) is 9.37. The zero-order chi connectivity index (χ0) is 12.7. The number of hydrogen-bond acceptors (Lipinski definition) is 3. The molecule has 4 rings (SSSR count). The summed E-state index contributed by atoms with van der Waals surface area (Å²) < 4.78 is 4.29. The Hall–Kier alpha value is -1.59. The topological polar surface area (TPSA) is 34.3 Å². The van der Waals surface area contributed by atoms with E-state index in [0.717, 1.165) is 29.8 Å². The van der Waals surface area contributed by atoms with Crippen molar-refractivity contribution in [1.82, 2.24) is 19.3 Å². The van der Waals surface area contributed by atoms with Crippen LogP contribution in [0.25, 0.3) is 4.96 Å². The van der Waals surface area contributed by atoms with Crippen LogP contribution in [-0.2, 0) is 13.1 Å². The molecule has 19 heavy (non-hydrogen) atoms.